The van der Waals surface area contributed by atoms with E-state index in [1.807, 2.05) is 40.6 Å². The number of pyridine rings is 1. The lowest BCUT2D eigenvalue weighted by atomic mass is 10.1. The molecule has 0 saturated carbocycles. The Morgan fingerprint density at radius 3 is 2.69 bits per heavy atom. The van der Waals surface area contributed by atoms with Crippen LogP contribution in [0, 0.1) is 0 Å². The highest BCUT2D eigenvalue weighted by Gasteiger charge is 2.23. The Morgan fingerprint density at radius 1 is 1.21 bits per heavy atom. The van der Waals surface area contributed by atoms with Crippen LogP contribution in [0.4, 0.5) is 22.0 Å². The van der Waals surface area contributed by atoms with Crippen LogP contribution >= 0.6 is 11.3 Å². The van der Waals surface area contributed by atoms with Crippen LogP contribution < -0.4 is 21.5 Å². The van der Waals surface area contributed by atoms with Gasteiger partial charge in [0.05, 0.1) is 11.4 Å². The van der Waals surface area contributed by atoms with Gasteiger partial charge in [-0.2, -0.15) is 0 Å². The molecule has 3 heterocycles. The van der Waals surface area contributed by atoms with Crippen molar-refractivity contribution in [2.45, 2.75) is 19.8 Å². The van der Waals surface area contributed by atoms with E-state index in [2.05, 4.69) is 28.7 Å². The molecule has 4 N–H and O–H groups in total. The first kappa shape index (κ1) is 19.3. The maximum atomic E-state index is 12.4. The summed E-state index contributed by atoms with van der Waals surface area (Å²) < 4.78 is 0. The van der Waals surface area contributed by atoms with Crippen molar-refractivity contribution in [1.82, 2.24) is 15.3 Å². The topological polar surface area (TPSA) is 86.5 Å². The quantitative estimate of drug-likeness (QED) is 0.559. The summed E-state index contributed by atoms with van der Waals surface area (Å²) >= 11 is 1.60. The number of nitrogen functional groups attached to an aromatic ring is 1. The molecule has 2 aromatic heterocycles. The number of nitrogens with one attached hydrogen (secondary N) is 2. The first-order valence-corrected chi connectivity index (χ1v) is 10.8. The van der Waals surface area contributed by atoms with Gasteiger partial charge in [-0.15, -0.1) is 11.3 Å². The van der Waals surface area contributed by atoms with Crippen molar-refractivity contribution in [3.63, 3.8) is 0 Å². The summed E-state index contributed by atoms with van der Waals surface area (Å²) in [5, 5.41) is 3.08. The minimum absolute atomic E-state index is 0.116. The zero-order valence-corrected chi connectivity index (χ0v) is 17.3. The first-order valence-electron chi connectivity index (χ1n) is 9.93. The zero-order chi connectivity index (χ0) is 20.2. The summed E-state index contributed by atoms with van der Waals surface area (Å²) in [6.07, 6.45) is 2.05. The van der Waals surface area contributed by atoms with E-state index in [4.69, 9.17) is 10.7 Å². The van der Waals surface area contributed by atoms with E-state index in [1.165, 1.54) is 5.56 Å². The molecule has 0 spiro atoms. The number of hydrogen-bond donors (Lipinski definition) is 3. The Bertz CT molecular complexity index is 982. The van der Waals surface area contributed by atoms with Crippen molar-refractivity contribution in [3.8, 4) is 0 Å². The fourth-order valence-electron chi connectivity index (χ4n) is 3.62. The molecule has 0 radical (unpaired) electrons. The van der Waals surface area contributed by atoms with Crippen LogP contribution in [0.2, 0.25) is 0 Å². The SMILES string of the molecule is CCCc1cc(N2CCN(C(=O)NNc3ccccc3)CC2)nc2scc(N)c12. The molecule has 1 fully saturated rings. The standard InChI is InChI=1S/C21H26N6OS/c1-2-6-15-13-18(23-20-19(15)17(22)14-29-20)26-9-11-27(12-10-26)21(28)25-24-16-7-4-3-5-8-16/h3-5,7-8,13-14,24H,2,6,9-12,22H2,1H3,(H,25,28). The molecule has 1 aliphatic rings. The number of urea groups is 1. The van der Waals surface area contributed by atoms with E-state index in [0.717, 1.165) is 53.3 Å². The third-order valence-electron chi connectivity index (χ3n) is 5.14. The van der Waals surface area contributed by atoms with Gasteiger partial charge < -0.3 is 15.5 Å². The maximum Gasteiger partial charge on any atom is 0.336 e. The fraction of sp³-hybridized carbons (Fsp3) is 0.333. The van der Waals surface area contributed by atoms with Crippen molar-refractivity contribution in [2.75, 3.05) is 42.2 Å². The second-order valence-electron chi connectivity index (χ2n) is 7.16. The number of amides is 2. The van der Waals surface area contributed by atoms with Gasteiger partial charge in [0.15, 0.2) is 0 Å². The molecule has 0 aliphatic carbocycles. The second kappa shape index (κ2) is 8.57. The maximum absolute atomic E-state index is 12.4. The number of hydrogen-bond acceptors (Lipinski definition) is 6. The number of anilines is 3. The van der Waals surface area contributed by atoms with Crippen LogP contribution in [0.1, 0.15) is 18.9 Å². The lowest BCUT2D eigenvalue weighted by Crippen LogP contribution is -2.53. The molecular weight excluding hydrogens is 384 g/mol. The number of hydrazine groups is 1. The normalized spacial score (nSPS) is 14.2. The fourth-order valence-corrected chi connectivity index (χ4v) is 4.49. The van der Waals surface area contributed by atoms with Gasteiger partial charge in [0.2, 0.25) is 0 Å². The minimum atomic E-state index is -0.116. The van der Waals surface area contributed by atoms with Crippen molar-refractivity contribution < 1.29 is 4.79 Å². The molecule has 1 saturated heterocycles. The molecular formula is C21H26N6OS. The van der Waals surface area contributed by atoms with Crippen LogP contribution in [-0.4, -0.2) is 42.1 Å². The molecule has 1 aromatic carbocycles. The van der Waals surface area contributed by atoms with E-state index >= 15 is 0 Å². The number of nitrogens with two attached hydrogens (primary N) is 1. The number of nitrogens with zero attached hydrogens (tertiary/aromatic N) is 3. The molecule has 8 heteroatoms. The van der Waals surface area contributed by atoms with Crippen molar-refractivity contribution in [1.29, 1.82) is 0 Å². The van der Waals surface area contributed by atoms with Crippen LogP contribution in [0.5, 0.6) is 0 Å². The van der Waals surface area contributed by atoms with Gasteiger partial charge in [0.1, 0.15) is 10.6 Å². The van der Waals surface area contributed by atoms with Gasteiger partial charge in [-0.3, -0.25) is 10.9 Å². The zero-order valence-electron chi connectivity index (χ0n) is 16.5. The van der Waals surface area contributed by atoms with Gasteiger partial charge >= 0.3 is 6.03 Å². The lowest BCUT2D eigenvalue weighted by Gasteiger charge is -2.35. The number of rotatable bonds is 5. The number of thiophene rings is 1. The largest absolute Gasteiger partial charge is 0.397 e. The van der Waals surface area contributed by atoms with Crippen molar-refractivity contribution >= 4 is 44.8 Å². The number of aryl methyl sites for hydroxylation is 1. The summed E-state index contributed by atoms with van der Waals surface area (Å²) in [5.41, 5.74) is 14.8. The number of para-hydroxylation sites is 1. The lowest BCUT2D eigenvalue weighted by molar-refractivity contribution is 0.196. The number of fused-ring (bicyclic) bond motifs is 1. The molecule has 152 valence electrons. The Labute approximate surface area is 174 Å². The predicted octanol–water partition coefficient (Wildman–Crippen LogP) is 3.69. The van der Waals surface area contributed by atoms with Crippen LogP contribution in [0.3, 0.4) is 0 Å². The highest BCUT2D eigenvalue weighted by Crippen LogP contribution is 2.33. The molecule has 1 aliphatic heterocycles. The van der Waals surface area contributed by atoms with E-state index in [-0.39, 0.29) is 6.03 Å². The summed E-state index contributed by atoms with van der Waals surface area (Å²) in [4.78, 5) is 22.3. The molecule has 0 bridgehead atoms. The van der Waals surface area contributed by atoms with E-state index in [1.54, 1.807) is 11.3 Å². The van der Waals surface area contributed by atoms with Gasteiger partial charge in [0.25, 0.3) is 0 Å². The third kappa shape index (κ3) is 4.22. The second-order valence-corrected chi connectivity index (χ2v) is 8.01. The highest BCUT2D eigenvalue weighted by atomic mass is 32.1. The predicted molar refractivity (Wildman–Crippen MR) is 120 cm³/mol. The summed E-state index contributed by atoms with van der Waals surface area (Å²) in [7, 11) is 0. The third-order valence-corrected chi connectivity index (χ3v) is 6.03. The Balaban J connectivity index is 1.39. The molecule has 4 rings (SSSR count). The Hall–Kier alpha value is -3.00. The van der Waals surface area contributed by atoms with Crippen molar-refractivity contribution in [3.05, 3.63) is 47.3 Å². The molecule has 7 nitrogen and oxygen atoms in total. The van der Waals surface area contributed by atoms with Crippen LogP contribution in [0.15, 0.2) is 41.8 Å². The molecule has 0 unspecified atom stereocenters. The van der Waals surface area contributed by atoms with Gasteiger partial charge in [-0.1, -0.05) is 31.5 Å². The monoisotopic (exact) mass is 410 g/mol. The van der Waals surface area contributed by atoms with Gasteiger partial charge in [0, 0.05) is 36.9 Å². The number of aromatic nitrogens is 1. The average molecular weight is 411 g/mol. The minimum Gasteiger partial charge on any atom is -0.397 e. The van der Waals surface area contributed by atoms with E-state index < -0.39 is 0 Å². The average Bonchev–Trinajstić information content (AvgIpc) is 3.14. The van der Waals surface area contributed by atoms with E-state index in [9.17, 15) is 4.79 Å². The smallest absolute Gasteiger partial charge is 0.336 e. The van der Waals surface area contributed by atoms with Crippen molar-refractivity contribution in [2.24, 2.45) is 0 Å². The van der Waals surface area contributed by atoms with Crippen LogP contribution in [0.25, 0.3) is 10.2 Å². The Morgan fingerprint density at radius 2 is 1.97 bits per heavy atom. The molecule has 3 aromatic rings. The number of carbonyl (C=O) groups excluding carboxylic acids is 1. The molecule has 2 amide bonds. The number of carbonyl (C=O) groups is 1. The molecule has 29 heavy (non-hydrogen) atoms. The first-order chi connectivity index (χ1) is 14.2. The summed E-state index contributed by atoms with van der Waals surface area (Å²) in [6, 6.07) is 11.7. The van der Waals surface area contributed by atoms with Gasteiger partial charge in [-0.25, -0.2) is 9.78 Å². The van der Waals surface area contributed by atoms with E-state index in [0.29, 0.717) is 13.1 Å². The number of piperazine rings is 1. The highest BCUT2D eigenvalue weighted by molar-refractivity contribution is 7.17. The summed E-state index contributed by atoms with van der Waals surface area (Å²) in [6.45, 7) is 4.98. The molecule has 0 atom stereocenters. The summed E-state index contributed by atoms with van der Waals surface area (Å²) in [5.74, 6) is 0.977. The Kier molecular flexibility index (Phi) is 5.71. The van der Waals surface area contributed by atoms with Gasteiger partial charge in [-0.05, 0) is 30.2 Å². The van der Waals surface area contributed by atoms with Crippen LogP contribution in [-0.2, 0) is 6.42 Å². The number of benzene rings is 1.